The second-order valence-electron chi connectivity index (χ2n) is 8.36. The van der Waals surface area contributed by atoms with Crippen molar-refractivity contribution in [2.45, 2.75) is 56.8 Å². The van der Waals surface area contributed by atoms with Crippen LogP contribution >= 0.6 is 0 Å². The number of amides is 1. The number of piperidine rings is 1. The number of nitrogens with zero attached hydrogens (tertiary/aromatic N) is 2. The molecule has 0 N–H and O–H groups in total. The van der Waals surface area contributed by atoms with Crippen molar-refractivity contribution in [1.82, 2.24) is 9.21 Å². The monoisotopic (exact) mass is 390 g/mol. The van der Waals surface area contributed by atoms with Crippen molar-refractivity contribution in [1.29, 1.82) is 0 Å². The van der Waals surface area contributed by atoms with Gasteiger partial charge in [-0.3, -0.25) is 4.79 Å². The van der Waals surface area contributed by atoms with Gasteiger partial charge in [0.15, 0.2) is 0 Å². The highest BCUT2D eigenvalue weighted by Crippen LogP contribution is 2.53. The fraction of sp³-hybridized carbons (Fsp3) is 0.667. The van der Waals surface area contributed by atoms with Crippen molar-refractivity contribution in [2.75, 3.05) is 31.9 Å². The summed E-state index contributed by atoms with van der Waals surface area (Å²) in [7, 11) is -3.12. The zero-order valence-corrected chi connectivity index (χ0v) is 17.0. The van der Waals surface area contributed by atoms with E-state index < -0.39 is 10.0 Å². The maximum absolute atomic E-state index is 12.7. The van der Waals surface area contributed by atoms with Crippen LogP contribution in [-0.2, 0) is 20.2 Å². The molecule has 5 nitrogen and oxygen atoms in total. The fourth-order valence-corrected chi connectivity index (χ4v) is 6.47. The molecular formula is C21H30N2O3S. The van der Waals surface area contributed by atoms with Crippen molar-refractivity contribution in [3.05, 3.63) is 35.4 Å². The Morgan fingerprint density at radius 2 is 1.78 bits per heavy atom. The van der Waals surface area contributed by atoms with Crippen molar-refractivity contribution < 1.29 is 13.2 Å². The van der Waals surface area contributed by atoms with Crippen LogP contribution in [0.2, 0.25) is 0 Å². The van der Waals surface area contributed by atoms with Gasteiger partial charge in [0.1, 0.15) is 0 Å². The van der Waals surface area contributed by atoms with Gasteiger partial charge in [-0.25, -0.2) is 12.7 Å². The number of hydrogen-bond acceptors (Lipinski definition) is 3. The molecule has 1 spiro atoms. The van der Waals surface area contributed by atoms with E-state index in [0.717, 1.165) is 45.2 Å². The lowest BCUT2D eigenvalue weighted by Gasteiger charge is -2.39. The van der Waals surface area contributed by atoms with Crippen LogP contribution in [0.25, 0.3) is 0 Å². The Hall–Kier alpha value is -1.40. The Balaban J connectivity index is 1.53. The smallest absolute Gasteiger partial charge is 0.223 e. The van der Waals surface area contributed by atoms with Crippen molar-refractivity contribution >= 4 is 15.9 Å². The molecule has 1 aromatic carbocycles. The van der Waals surface area contributed by atoms with Gasteiger partial charge in [-0.1, -0.05) is 24.3 Å². The minimum Gasteiger partial charge on any atom is -0.343 e. The van der Waals surface area contributed by atoms with E-state index in [4.69, 9.17) is 0 Å². The molecule has 0 aromatic heterocycles. The maximum atomic E-state index is 12.7. The van der Waals surface area contributed by atoms with E-state index in [1.165, 1.54) is 11.1 Å². The Morgan fingerprint density at radius 1 is 1.11 bits per heavy atom. The van der Waals surface area contributed by atoms with Crippen molar-refractivity contribution in [3.8, 4) is 0 Å². The van der Waals surface area contributed by atoms with E-state index in [9.17, 15) is 13.2 Å². The summed E-state index contributed by atoms with van der Waals surface area (Å²) in [5.74, 6) is 0.725. The van der Waals surface area contributed by atoms with Crippen LogP contribution in [0.3, 0.4) is 0 Å². The fourth-order valence-electron chi connectivity index (χ4n) is 5.36. The van der Waals surface area contributed by atoms with Crippen molar-refractivity contribution in [3.63, 3.8) is 0 Å². The molecule has 0 saturated carbocycles. The number of carbonyl (C=O) groups is 1. The van der Waals surface area contributed by atoms with Crippen LogP contribution in [0.15, 0.2) is 24.3 Å². The van der Waals surface area contributed by atoms with E-state index in [1.54, 1.807) is 11.2 Å². The first-order valence-corrected chi connectivity index (χ1v) is 11.9. The summed E-state index contributed by atoms with van der Waals surface area (Å²) in [6, 6.07) is 8.54. The quantitative estimate of drug-likeness (QED) is 0.794. The van der Waals surface area contributed by atoms with Gasteiger partial charge in [-0.05, 0) is 61.5 Å². The molecule has 1 aromatic rings. The van der Waals surface area contributed by atoms with E-state index >= 15 is 0 Å². The first-order valence-electron chi connectivity index (χ1n) is 10.3. The highest BCUT2D eigenvalue weighted by atomic mass is 32.2. The highest BCUT2D eigenvalue weighted by molar-refractivity contribution is 7.89. The SMILES string of the molecule is CCS(=O)(=O)N1CCC2(CC1)C[C@@H](CC(=O)N1CCCC1)c1ccccc12. The molecule has 2 heterocycles. The molecule has 1 aliphatic carbocycles. The van der Waals surface area contributed by atoms with E-state index in [-0.39, 0.29) is 23.0 Å². The molecule has 2 saturated heterocycles. The molecule has 0 unspecified atom stereocenters. The molecular weight excluding hydrogens is 360 g/mol. The second-order valence-corrected chi connectivity index (χ2v) is 10.6. The first kappa shape index (κ1) is 18.9. The summed E-state index contributed by atoms with van der Waals surface area (Å²) in [6.07, 6.45) is 5.54. The zero-order chi connectivity index (χ0) is 19.1. The molecule has 6 heteroatoms. The summed E-state index contributed by atoms with van der Waals surface area (Å²) in [6.45, 7) is 4.71. The number of benzene rings is 1. The van der Waals surface area contributed by atoms with Gasteiger partial charge in [-0.15, -0.1) is 0 Å². The normalized spacial score (nSPS) is 25.1. The number of sulfonamides is 1. The van der Waals surface area contributed by atoms with Gasteiger partial charge in [-0.2, -0.15) is 0 Å². The summed E-state index contributed by atoms with van der Waals surface area (Å²) in [5.41, 5.74) is 2.71. The first-order chi connectivity index (χ1) is 13.0. The van der Waals surface area contributed by atoms with Crippen LogP contribution in [0.5, 0.6) is 0 Å². The summed E-state index contributed by atoms with van der Waals surface area (Å²) in [4.78, 5) is 14.8. The summed E-state index contributed by atoms with van der Waals surface area (Å²) in [5, 5.41) is 0. The average Bonchev–Trinajstić information content (AvgIpc) is 3.31. The van der Waals surface area contributed by atoms with Gasteiger partial charge in [0.05, 0.1) is 5.75 Å². The van der Waals surface area contributed by atoms with E-state index in [0.29, 0.717) is 19.5 Å². The lowest BCUT2D eigenvalue weighted by atomic mass is 9.73. The van der Waals surface area contributed by atoms with Crippen LogP contribution in [0.1, 0.15) is 62.5 Å². The van der Waals surface area contributed by atoms with Crippen molar-refractivity contribution in [2.24, 2.45) is 0 Å². The molecule has 1 atom stereocenters. The van der Waals surface area contributed by atoms with Crippen LogP contribution in [-0.4, -0.2) is 55.5 Å². The van der Waals surface area contributed by atoms with Crippen LogP contribution in [0.4, 0.5) is 0 Å². The Morgan fingerprint density at radius 3 is 2.44 bits per heavy atom. The molecule has 4 rings (SSSR count). The standard InChI is InChI=1S/C21H30N2O3S/c1-2-27(25,26)23-13-9-21(10-14-23)16-17(18-7-3-4-8-19(18)21)15-20(24)22-11-5-6-12-22/h3-4,7-8,17H,2,5-6,9-16H2,1H3/t17-/m1/s1. The maximum Gasteiger partial charge on any atom is 0.223 e. The predicted octanol–water partition coefficient (Wildman–Crippen LogP) is 2.87. The number of hydrogen-bond donors (Lipinski definition) is 0. The van der Waals surface area contributed by atoms with Gasteiger partial charge >= 0.3 is 0 Å². The lowest BCUT2D eigenvalue weighted by molar-refractivity contribution is -0.130. The molecule has 27 heavy (non-hydrogen) atoms. The molecule has 2 fully saturated rings. The van der Waals surface area contributed by atoms with Gasteiger partial charge in [0, 0.05) is 32.6 Å². The molecule has 1 amide bonds. The number of carbonyl (C=O) groups excluding carboxylic acids is 1. The highest BCUT2D eigenvalue weighted by Gasteiger charge is 2.47. The molecule has 0 radical (unpaired) electrons. The third-order valence-electron chi connectivity index (χ3n) is 6.93. The van der Waals surface area contributed by atoms with Crippen LogP contribution in [0, 0.1) is 0 Å². The van der Waals surface area contributed by atoms with E-state index in [1.807, 2.05) is 4.90 Å². The predicted molar refractivity (Wildman–Crippen MR) is 106 cm³/mol. The van der Waals surface area contributed by atoms with E-state index in [2.05, 4.69) is 24.3 Å². The topological polar surface area (TPSA) is 57.7 Å². The lowest BCUT2D eigenvalue weighted by Crippen LogP contribution is -2.44. The molecule has 2 aliphatic heterocycles. The minimum atomic E-state index is -3.12. The number of rotatable bonds is 4. The van der Waals surface area contributed by atoms with Gasteiger partial charge < -0.3 is 4.90 Å². The van der Waals surface area contributed by atoms with Gasteiger partial charge in [0.25, 0.3) is 0 Å². The average molecular weight is 391 g/mol. The Kier molecular flexibility index (Phi) is 5.06. The summed E-state index contributed by atoms with van der Waals surface area (Å²) >= 11 is 0. The number of fused-ring (bicyclic) bond motifs is 2. The van der Waals surface area contributed by atoms with Gasteiger partial charge in [0.2, 0.25) is 15.9 Å². The summed E-state index contributed by atoms with van der Waals surface area (Å²) < 4.78 is 26.1. The zero-order valence-electron chi connectivity index (χ0n) is 16.2. The minimum absolute atomic E-state index is 0.0340. The molecule has 148 valence electrons. The number of likely N-dealkylation sites (tertiary alicyclic amines) is 1. The second kappa shape index (κ2) is 7.21. The largest absolute Gasteiger partial charge is 0.343 e. The Bertz CT molecular complexity index is 806. The third-order valence-corrected chi connectivity index (χ3v) is 8.81. The third kappa shape index (κ3) is 3.42. The van der Waals surface area contributed by atoms with Crippen LogP contribution < -0.4 is 0 Å². The Labute approximate surface area is 162 Å². The molecule has 3 aliphatic rings. The molecule has 0 bridgehead atoms.